The summed E-state index contributed by atoms with van der Waals surface area (Å²) in [6, 6.07) is 1.37. The largest absolute Gasteiger partial charge is 0.481 e. The SMILES string of the molecule is NC(CC(=O)O)C(=O)Nc1ccc(C(=O)O)nc1. The zero-order chi connectivity index (χ0) is 13.7. The van der Waals surface area contributed by atoms with Crippen LogP contribution < -0.4 is 11.1 Å². The molecule has 0 saturated carbocycles. The quantitative estimate of drug-likeness (QED) is 0.554. The van der Waals surface area contributed by atoms with Gasteiger partial charge in [0.1, 0.15) is 5.69 Å². The normalized spacial score (nSPS) is 11.6. The maximum atomic E-state index is 11.4. The van der Waals surface area contributed by atoms with Crippen molar-refractivity contribution < 1.29 is 24.6 Å². The van der Waals surface area contributed by atoms with E-state index >= 15 is 0 Å². The van der Waals surface area contributed by atoms with Gasteiger partial charge in [-0.05, 0) is 12.1 Å². The molecule has 1 rings (SSSR count). The first-order chi connectivity index (χ1) is 8.40. The van der Waals surface area contributed by atoms with Gasteiger partial charge in [-0.2, -0.15) is 0 Å². The van der Waals surface area contributed by atoms with Crippen LogP contribution in [0.15, 0.2) is 18.3 Å². The van der Waals surface area contributed by atoms with Crippen molar-refractivity contribution in [3.05, 3.63) is 24.0 Å². The highest BCUT2D eigenvalue weighted by Crippen LogP contribution is 2.07. The number of nitrogens with zero attached hydrogens (tertiary/aromatic N) is 1. The molecule has 0 fully saturated rings. The number of amides is 1. The van der Waals surface area contributed by atoms with E-state index in [1.165, 1.54) is 12.1 Å². The number of nitrogens with one attached hydrogen (secondary N) is 1. The van der Waals surface area contributed by atoms with Crippen molar-refractivity contribution in [3.8, 4) is 0 Å². The van der Waals surface area contributed by atoms with Crippen molar-refractivity contribution in [1.29, 1.82) is 0 Å². The molecule has 8 nitrogen and oxygen atoms in total. The Morgan fingerprint density at radius 1 is 1.33 bits per heavy atom. The first-order valence-corrected chi connectivity index (χ1v) is 4.87. The lowest BCUT2D eigenvalue weighted by atomic mass is 10.2. The van der Waals surface area contributed by atoms with E-state index in [0.717, 1.165) is 6.20 Å². The summed E-state index contributed by atoms with van der Waals surface area (Å²) in [5.41, 5.74) is 5.41. The number of rotatable bonds is 5. The van der Waals surface area contributed by atoms with Crippen LogP contribution in [0.1, 0.15) is 16.9 Å². The van der Waals surface area contributed by atoms with Gasteiger partial charge in [0.2, 0.25) is 5.91 Å². The minimum absolute atomic E-state index is 0.164. The van der Waals surface area contributed by atoms with Crippen molar-refractivity contribution in [2.45, 2.75) is 12.5 Å². The standard InChI is InChI=1S/C10H11N3O5/c11-6(3-8(14)15)9(16)13-5-1-2-7(10(17)18)12-4-5/h1-2,4,6H,3,11H2,(H,13,16)(H,14,15)(H,17,18). The van der Waals surface area contributed by atoms with Gasteiger partial charge in [0, 0.05) is 0 Å². The minimum atomic E-state index is -1.18. The second-order valence-corrected chi connectivity index (χ2v) is 3.43. The lowest BCUT2D eigenvalue weighted by Gasteiger charge is -2.09. The molecule has 96 valence electrons. The summed E-state index contributed by atoms with van der Waals surface area (Å²) < 4.78 is 0. The summed E-state index contributed by atoms with van der Waals surface area (Å²) in [4.78, 5) is 35.9. The molecule has 0 bridgehead atoms. The second-order valence-electron chi connectivity index (χ2n) is 3.43. The van der Waals surface area contributed by atoms with Crippen molar-refractivity contribution >= 4 is 23.5 Å². The number of carbonyl (C=O) groups is 3. The Labute approximate surface area is 101 Å². The number of carbonyl (C=O) groups excluding carboxylic acids is 1. The summed E-state index contributed by atoms with van der Waals surface area (Å²) >= 11 is 0. The second kappa shape index (κ2) is 5.73. The third-order valence-electron chi connectivity index (χ3n) is 1.98. The smallest absolute Gasteiger partial charge is 0.354 e. The number of nitrogens with two attached hydrogens (primary N) is 1. The molecule has 5 N–H and O–H groups in total. The molecule has 0 spiro atoms. The summed E-state index contributed by atoms with van der Waals surface area (Å²) in [6.45, 7) is 0. The Morgan fingerprint density at radius 3 is 2.44 bits per heavy atom. The minimum Gasteiger partial charge on any atom is -0.481 e. The molecule has 1 heterocycles. The van der Waals surface area contributed by atoms with Crippen LogP contribution in [0.5, 0.6) is 0 Å². The Hall–Kier alpha value is -2.48. The van der Waals surface area contributed by atoms with Gasteiger partial charge in [-0.25, -0.2) is 9.78 Å². The topological polar surface area (TPSA) is 143 Å². The van der Waals surface area contributed by atoms with E-state index in [1.54, 1.807) is 0 Å². The molecular formula is C10H11N3O5. The number of pyridine rings is 1. The third kappa shape index (κ3) is 3.83. The molecule has 1 aromatic heterocycles. The number of hydrogen-bond acceptors (Lipinski definition) is 5. The average Bonchev–Trinajstić information content (AvgIpc) is 2.28. The summed E-state index contributed by atoms with van der Waals surface area (Å²) in [5.74, 6) is -3.05. The molecule has 0 aliphatic carbocycles. The zero-order valence-corrected chi connectivity index (χ0v) is 9.16. The first-order valence-electron chi connectivity index (χ1n) is 4.87. The van der Waals surface area contributed by atoms with E-state index in [4.69, 9.17) is 15.9 Å². The zero-order valence-electron chi connectivity index (χ0n) is 9.16. The molecule has 0 aromatic carbocycles. The van der Waals surface area contributed by atoms with E-state index in [2.05, 4.69) is 10.3 Å². The lowest BCUT2D eigenvalue weighted by molar-refractivity contribution is -0.138. The number of aromatic nitrogens is 1. The summed E-state index contributed by atoms with van der Waals surface area (Å²) in [7, 11) is 0. The van der Waals surface area contributed by atoms with Gasteiger partial charge in [0.05, 0.1) is 24.3 Å². The van der Waals surface area contributed by atoms with Gasteiger partial charge in [0.15, 0.2) is 0 Å². The van der Waals surface area contributed by atoms with Gasteiger partial charge in [-0.3, -0.25) is 9.59 Å². The highest BCUT2D eigenvalue weighted by atomic mass is 16.4. The predicted octanol–water partition coefficient (Wildman–Crippen LogP) is -0.480. The van der Waals surface area contributed by atoms with Crippen molar-refractivity contribution in [3.63, 3.8) is 0 Å². The Morgan fingerprint density at radius 2 is 2.00 bits per heavy atom. The van der Waals surface area contributed by atoms with Gasteiger partial charge in [0.25, 0.3) is 0 Å². The molecule has 1 aromatic rings. The van der Waals surface area contributed by atoms with Crippen molar-refractivity contribution in [1.82, 2.24) is 4.98 Å². The first kappa shape index (κ1) is 13.6. The molecule has 0 aliphatic heterocycles. The van der Waals surface area contributed by atoms with Crippen LogP contribution in [-0.2, 0) is 9.59 Å². The van der Waals surface area contributed by atoms with Gasteiger partial charge >= 0.3 is 11.9 Å². The van der Waals surface area contributed by atoms with Crippen LogP contribution >= 0.6 is 0 Å². The number of aromatic carboxylic acids is 1. The van der Waals surface area contributed by atoms with Crippen LogP contribution in [0.3, 0.4) is 0 Å². The number of hydrogen-bond donors (Lipinski definition) is 4. The van der Waals surface area contributed by atoms with Gasteiger partial charge in [-0.15, -0.1) is 0 Å². The highest BCUT2D eigenvalue weighted by Gasteiger charge is 2.17. The Kier molecular flexibility index (Phi) is 4.33. The van der Waals surface area contributed by atoms with E-state index in [9.17, 15) is 14.4 Å². The Bertz CT molecular complexity index is 471. The van der Waals surface area contributed by atoms with Crippen LogP contribution in [-0.4, -0.2) is 39.1 Å². The van der Waals surface area contributed by atoms with E-state index in [0.29, 0.717) is 0 Å². The van der Waals surface area contributed by atoms with E-state index in [1.807, 2.05) is 0 Å². The highest BCUT2D eigenvalue weighted by molar-refractivity contribution is 5.96. The molecule has 1 atom stereocenters. The maximum Gasteiger partial charge on any atom is 0.354 e. The number of carboxylic acids is 2. The third-order valence-corrected chi connectivity index (χ3v) is 1.98. The van der Waals surface area contributed by atoms with Crippen LogP contribution in [0.4, 0.5) is 5.69 Å². The monoisotopic (exact) mass is 253 g/mol. The van der Waals surface area contributed by atoms with Crippen LogP contribution in [0, 0.1) is 0 Å². The fraction of sp³-hybridized carbons (Fsp3) is 0.200. The molecule has 0 radical (unpaired) electrons. The summed E-state index contributed by atoms with van der Waals surface area (Å²) in [5, 5.41) is 19.4. The van der Waals surface area contributed by atoms with E-state index < -0.39 is 30.3 Å². The predicted molar refractivity (Wildman–Crippen MR) is 60.1 cm³/mol. The number of aliphatic carboxylic acids is 1. The number of carboxylic acid groups (broad SMARTS) is 2. The molecule has 1 amide bonds. The maximum absolute atomic E-state index is 11.4. The van der Waals surface area contributed by atoms with Crippen molar-refractivity contribution in [2.24, 2.45) is 5.73 Å². The van der Waals surface area contributed by atoms with Crippen LogP contribution in [0.2, 0.25) is 0 Å². The van der Waals surface area contributed by atoms with Crippen molar-refractivity contribution in [2.75, 3.05) is 5.32 Å². The molecule has 18 heavy (non-hydrogen) atoms. The lowest BCUT2D eigenvalue weighted by Crippen LogP contribution is -2.37. The summed E-state index contributed by atoms with van der Waals surface area (Å²) in [6.07, 6.45) is 0.654. The fourth-order valence-corrected chi connectivity index (χ4v) is 1.11. The average molecular weight is 253 g/mol. The molecule has 0 saturated heterocycles. The van der Waals surface area contributed by atoms with E-state index in [-0.39, 0.29) is 11.4 Å². The van der Waals surface area contributed by atoms with Gasteiger partial charge < -0.3 is 21.3 Å². The van der Waals surface area contributed by atoms with Crippen LogP contribution in [0.25, 0.3) is 0 Å². The molecule has 1 unspecified atom stereocenters. The molecule has 8 heteroatoms. The number of anilines is 1. The van der Waals surface area contributed by atoms with Gasteiger partial charge in [-0.1, -0.05) is 0 Å². The molecular weight excluding hydrogens is 242 g/mol. The fourth-order valence-electron chi connectivity index (χ4n) is 1.11. The Balaban J connectivity index is 2.64. The molecule has 0 aliphatic rings.